The third-order valence-corrected chi connectivity index (χ3v) is 3.84. The molecule has 0 saturated carbocycles. The fourth-order valence-electron chi connectivity index (χ4n) is 1.65. The number of nitrogen functional groups attached to an aromatic ring is 1. The van der Waals surface area contributed by atoms with E-state index in [9.17, 15) is 13.2 Å². The number of anilines is 2. The maximum Gasteiger partial charge on any atom is 0.281 e. The molecule has 2 rings (SSSR count). The molecule has 1 aromatic carbocycles. The van der Waals surface area contributed by atoms with Crippen molar-refractivity contribution in [2.45, 2.75) is 18.7 Å². The fourth-order valence-corrected chi connectivity index (χ4v) is 2.28. The number of carbonyl (C=O) groups excluding carboxylic acids is 1. The van der Waals surface area contributed by atoms with Crippen molar-refractivity contribution in [3.63, 3.8) is 0 Å². The molecule has 0 bridgehead atoms. The van der Waals surface area contributed by atoms with E-state index in [1.165, 1.54) is 12.1 Å². The molecule has 0 aliphatic rings. The number of rotatable bonds is 3. The highest BCUT2D eigenvalue weighted by atomic mass is 32.2. The Hall–Kier alpha value is -2.46. The summed E-state index contributed by atoms with van der Waals surface area (Å²) in [5.74, 6) is -0.827. The second-order valence-electron chi connectivity index (χ2n) is 4.41. The molecule has 1 heterocycles. The summed E-state index contributed by atoms with van der Waals surface area (Å²) < 4.78 is 27.2. The van der Waals surface area contributed by atoms with E-state index in [4.69, 9.17) is 10.9 Å². The van der Waals surface area contributed by atoms with Gasteiger partial charge in [-0.3, -0.25) is 4.79 Å². The van der Waals surface area contributed by atoms with Gasteiger partial charge in [-0.1, -0.05) is 0 Å². The fraction of sp³-hybridized carbons (Fsp3) is 0.182. The minimum atomic E-state index is -3.88. The maximum absolute atomic E-state index is 12.0. The lowest BCUT2D eigenvalue weighted by atomic mass is 10.1. The zero-order chi connectivity index (χ0) is 15.8. The monoisotopic (exact) mass is 311 g/mol. The molecule has 0 aliphatic carbocycles. The molecule has 2 aromatic rings. The van der Waals surface area contributed by atoms with Crippen LogP contribution in [0.2, 0.25) is 0 Å². The third kappa shape index (κ3) is 3.01. The van der Waals surface area contributed by atoms with E-state index in [2.05, 4.69) is 20.3 Å². The minimum Gasteiger partial charge on any atom is -0.379 e. The highest BCUT2D eigenvalue weighted by Crippen LogP contribution is 2.24. The van der Waals surface area contributed by atoms with Crippen LogP contribution in [0.25, 0.3) is 0 Å². The summed E-state index contributed by atoms with van der Waals surface area (Å²) in [7, 11) is -3.88. The number of hydrogen-bond acceptors (Lipinski definition) is 7. The summed E-state index contributed by atoms with van der Waals surface area (Å²) in [6.45, 7) is 3.42. The van der Waals surface area contributed by atoms with Crippen LogP contribution < -0.4 is 16.2 Å². The van der Waals surface area contributed by atoms with Crippen LogP contribution >= 0.6 is 0 Å². The van der Waals surface area contributed by atoms with Crippen molar-refractivity contribution in [2.75, 3.05) is 11.1 Å². The Morgan fingerprint density at radius 1 is 1.29 bits per heavy atom. The number of sulfonamides is 1. The Morgan fingerprint density at radius 2 is 1.95 bits per heavy atom. The number of nitrogens with two attached hydrogens (primary N) is 2. The van der Waals surface area contributed by atoms with Crippen molar-refractivity contribution < 1.29 is 17.8 Å². The van der Waals surface area contributed by atoms with Crippen LogP contribution in [0, 0.1) is 13.8 Å². The van der Waals surface area contributed by atoms with Crippen LogP contribution in [0.1, 0.15) is 21.6 Å². The van der Waals surface area contributed by atoms with Gasteiger partial charge in [-0.15, -0.1) is 0 Å². The summed E-state index contributed by atoms with van der Waals surface area (Å²) in [4.78, 5) is 11.9. The number of benzene rings is 1. The Morgan fingerprint density at radius 3 is 2.48 bits per heavy atom. The molecule has 0 fully saturated rings. The topological polar surface area (TPSA) is 154 Å². The molecule has 0 radical (unpaired) electrons. The lowest BCUT2D eigenvalue weighted by Gasteiger charge is -2.11. The first-order chi connectivity index (χ1) is 9.70. The van der Waals surface area contributed by atoms with Crippen LogP contribution in [0.3, 0.4) is 0 Å². The molecular formula is C11H13N5O4S. The van der Waals surface area contributed by atoms with E-state index in [0.717, 1.165) is 0 Å². The number of primary sulfonamides is 1. The van der Waals surface area contributed by atoms with Crippen molar-refractivity contribution in [1.29, 1.82) is 0 Å². The molecule has 10 heteroatoms. The second-order valence-corrected chi connectivity index (χ2v) is 5.97. The average Bonchev–Trinajstić information content (AvgIpc) is 2.79. The molecule has 1 amide bonds. The Kier molecular flexibility index (Phi) is 3.66. The number of aromatic nitrogens is 2. The van der Waals surface area contributed by atoms with Crippen LogP contribution in [0.4, 0.5) is 11.5 Å². The molecule has 0 saturated heterocycles. The van der Waals surface area contributed by atoms with Gasteiger partial charge in [0, 0.05) is 5.69 Å². The molecular weight excluding hydrogens is 298 g/mol. The Balaban J connectivity index is 2.43. The van der Waals surface area contributed by atoms with Gasteiger partial charge in [-0.2, -0.15) is 0 Å². The van der Waals surface area contributed by atoms with Crippen molar-refractivity contribution in [3.05, 3.63) is 29.0 Å². The van der Waals surface area contributed by atoms with Gasteiger partial charge in [-0.25, -0.2) is 18.2 Å². The van der Waals surface area contributed by atoms with Gasteiger partial charge >= 0.3 is 0 Å². The first-order valence-corrected chi connectivity index (χ1v) is 7.28. The summed E-state index contributed by atoms with van der Waals surface area (Å²) in [6, 6.07) is 2.69. The number of hydrogen-bond donors (Lipinski definition) is 3. The molecule has 21 heavy (non-hydrogen) atoms. The van der Waals surface area contributed by atoms with E-state index in [1.807, 2.05) is 0 Å². The van der Waals surface area contributed by atoms with Crippen molar-refractivity contribution in [3.8, 4) is 0 Å². The highest BCUT2D eigenvalue weighted by molar-refractivity contribution is 7.89. The van der Waals surface area contributed by atoms with E-state index in [-0.39, 0.29) is 22.1 Å². The quantitative estimate of drug-likeness (QED) is 0.729. The second kappa shape index (κ2) is 5.14. The standard InChI is InChI=1S/C11H13N5O4S/c1-5-3-7(21(13,18)19)4-8(6(5)2)14-11(17)9-10(12)16-20-15-9/h3-4H,1-2H3,(H2,12,16)(H,14,17)(H2,13,18,19). The molecule has 112 valence electrons. The number of amides is 1. The van der Waals surface area contributed by atoms with Gasteiger partial charge in [0.05, 0.1) is 4.90 Å². The van der Waals surface area contributed by atoms with Gasteiger partial charge in [0.25, 0.3) is 5.91 Å². The van der Waals surface area contributed by atoms with Crippen LogP contribution in [-0.4, -0.2) is 24.6 Å². The highest BCUT2D eigenvalue weighted by Gasteiger charge is 2.19. The van der Waals surface area contributed by atoms with Crippen molar-refractivity contribution in [2.24, 2.45) is 5.14 Å². The predicted molar refractivity (Wildman–Crippen MR) is 74.0 cm³/mol. The SMILES string of the molecule is Cc1cc(S(N)(=O)=O)cc(NC(=O)c2nonc2N)c1C. The molecule has 5 N–H and O–H groups in total. The molecule has 1 aromatic heterocycles. The summed E-state index contributed by atoms with van der Waals surface area (Å²) in [6.07, 6.45) is 0. The minimum absolute atomic E-state index is 0.104. The Labute approximate surface area is 120 Å². The largest absolute Gasteiger partial charge is 0.379 e. The van der Waals surface area contributed by atoms with Crippen LogP contribution in [0.5, 0.6) is 0 Å². The molecule has 0 atom stereocenters. The maximum atomic E-state index is 12.0. The summed E-state index contributed by atoms with van der Waals surface area (Å²) >= 11 is 0. The zero-order valence-electron chi connectivity index (χ0n) is 11.2. The van der Waals surface area contributed by atoms with E-state index in [0.29, 0.717) is 11.1 Å². The summed E-state index contributed by atoms with van der Waals surface area (Å²) in [5.41, 5.74) is 6.86. The Bertz CT molecular complexity index is 812. The number of nitrogens with one attached hydrogen (secondary N) is 1. The number of aryl methyl sites for hydroxylation is 1. The first-order valence-electron chi connectivity index (χ1n) is 5.73. The lowest BCUT2D eigenvalue weighted by Crippen LogP contribution is -2.17. The van der Waals surface area contributed by atoms with Crippen LogP contribution in [-0.2, 0) is 10.0 Å². The van der Waals surface area contributed by atoms with Gasteiger partial charge < -0.3 is 11.1 Å². The van der Waals surface area contributed by atoms with Gasteiger partial charge in [0.1, 0.15) is 0 Å². The first kappa shape index (κ1) is 14.9. The molecule has 0 unspecified atom stereocenters. The average molecular weight is 311 g/mol. The van der Waals surface area contributed by atoms with Crippen molar-refractivity contribution in [1.82, 2.24) is 10.3 Å². The lowest BCUT2D eigenvalue weighted by molar-refractivity contribution is 0.101. The molecule has 9 nitrogen and oxygen atoms in total. The number of nitrogens with zero attached hydrogens (tertiary/aromatic N) is 2. The van der Waals surface area contributed by atoms with E-state index < -0.39 is 15.9 Å². The van der Waals surface area contributed by atoms with E-state index in [1.54, 1.807) is 13.8 Å². The van der Waals surface area contributed by atoms with Crippen LogP contribution in [0.15, 0.2) is 21.7 Å². The molecule has 0 aliphatic heterocycles. The third-order valence-electron chi connectivity index (χ3n) is 2.95. The van der Waals surface area contributed by atoms with Gasteiger partial charge in [-0.05, 0) is 47.4 Å². The smallest absolute Gasteiger partial charge is 0.281 e. The molecule has 0 spiro atoms. The number of carbonyl (C=O) groups is 1. The predicted octanol–water partition coefficient (Wildman–Crippen LogP) is 0.168. The van der Waals surface area contributed by atoms with E-state index >= 15 is 0 Å². The zero-order valence-corrected chi connectivity index (χ0v) is 12.1. The van der Waals surface area contributed by atoms with Gasteiger partial charge in [0.2, 0.25) is 21.5 Å². The normalized spacial score (nSPS) is 11.4. The van der Waals surface area contributed by atoms with Crippen molar-refractivity contribution >= 4 is 27.4 Å². The summed E-state index contributed by atoms with van der Waals surface area (Å²) in [5, 5.41) is 14.3. The van der Waals surface area contributed by atoms with Gasteiger partial charge in [0.15, 0.2) is 0 Å².